The van der Waals surface area contributed by atoms with Crippen LogP contribution in [-0.4, -0.2) is 19.9 Å². The fourth-order valence-electron chi connectivity index (χ4n) is 2.21. The molecular formula is C15H16BrN5O. The zero-order valence-corrected chi connectivity index (χ0v) is 14.0. The van der Waals surface area contributed by atoms with Crippen LogP contribution in [0.3, 0.4) is 0 Å². The zero-order chi connectivity index (χ0) is 15.7. The second-order valence-corrected chi connectivity index (χ2v) is 5.94. The zero-order valence-electron chi connectivity index (χ0n) is 12.4. The molecule has 0 bridgehead atoms. The lowest BCUT2D eigenvalue weighted by molar-refractivity contribution is 0.368. The van der Waals surface area contributed by atoms with Crippen molar-refractivity contribution in [3.05, 3.63) is 46.0 Å². The smallest absolute Gasteiger partial charge is 0.228 e. The van der Waals surface area contributed by atoms with Gasteiger partial charge in [0.1, 0.15) is 0 Å². The Morgan fingerprint density at radius 3 is 2.86 bits per heavy atom. The van der Waals surface area contributed by atoms with Gasteiger partial charge in [-0.2, -0.15) is 10.1 Å². The van der Waals surface area contributed by atoms with E-state index in [-0.39, 0.29) is 0 Å². The molecule has 1 aromatic carbocycles. The summed E-state index contributed by atoms with van der Waals surface area (Å²) in [6, 6.07) is 5.69. The monoisotopic (exact) mass is 361 g/mol. The quantitative estimate of drug-likeness (QED) is 0.721. The summed E-state index contributed by atoms with van der Waals surface area (Å²) in [7, 11) is 0. The molecular weight excluding hydrogens is 346 g/mol. The maximum atomic E-state index is 5.92. The van der Waals surface area contributed by atoms with Crippen LogP contribution in [0.5, 0.6) is 0 Å². The van der Waals surface area contributed by atoms with Gasteiger partial charge in [-0.05, 0) is 41.4 Å². The number of aryl methyl sites for hydroxylation is 2. The minimum atomic E-state index is 0.568. The number of halogens is 1. The number of rotatable bonds is 4. The van der Waals surface area contributed by atoms with Crippen LogP contribution >= 0.6 is 15.9 Å². The summed E-state index contributed by atoms with van der Waals surface area (Å²) < 4.78 is 8.22. The number of nitrogens with zero attached hydrogens (tertiary/aromatic N) is 4. The standard InChI is InChI=1S/C15H16BrN5O/c1-9-11(4-3-5-13(9)17)15-19-14(22-20-15)6-7-21-10(2)12(16)8-18-21/h3-5,8H,6-7,17H2,1-2H3. The summed E-state index contributed by atoms with van der Waals surface area (Å²) in [4.78, 5) is 4.45. The second-order valence-electron chi connectivity index (χ2n) is 5.08. The molecule has 0 aliphatic heterocycles. The average molecular weight is 362 g/mol. The number of hydrogen-bond acceptors (Lipinski definition) is 5. The van der Waals surface area contributed by atoms with Crippen LogP contribution in [0.15, 0.2) is 33.4 Å². The molecule has 0 aliphatic rings. The van der Waals surface area contributed by atoms with Crippen molar-refractivity contribution in [1.82, 2.24) is 19.9 Å². The highest BCUT2D eigenvalue weighted by Crippen LogP contribution is 2.24. The lowest BCUT2D eigenvalue weighted by atomic mass is 10.1. The van der Waals surface area contributed by atoms with Crippen molar-refractivity contribution < 1.29 is 4.52 Å². The third kappa shape index (κ3) is 2.76. The van der Waals surface area contributed by atoms with Crippen LogP contribution in [0.2, 0.25) is 0 Å². The van der Waals surface area contributed by atoms with Crippen LogP contribution in [0.4, 0.5) is 5.69 Å². The molecule has 114 valence electrons. The molecule has 0 radical (unpaired) electrons. The molecule has 0 fully saturated rings. The van der Waals surface area contributed by atoms with Crippen molar-refractivity contribution in [3.63, 3.8) is 0 Å². The first kappa shape index (κ1) is 14.8. The largest absolute Gasteiger partial charge is 0.398 e. The van der Waals surface area contributed by atoms with E-state index in [4.69, 9.17) is 10.3 Å². The van der Waals surface area contributed by atoms with E-state index < -0.39 is 0 Å². The number of nitrogens with two attached hydrogens (primary N) is 1. The third-order valence-electron chi connectivity index (χ3n) is 3.67. The minimum Gasteiger partial charge on any atom is -0.398 e. The highest BCUT2D eigenvalue weighted by atomic mass is 79.9. The molecule has 2 heterocycles. The van der Waals surface area contributed by atoms with E-state index in [2.05, 4.69) is 31.2 Å². The molecule has 0 aliphatic carbocycles. The van der Waals surface area contributed by atoms with Crippen molar-refractivity contribution in [2.75, 3.05) is 5.73 Å². The Bertz CT molecular complexity index is 808. The van der Waals surface area contributed by atoms with Crippen LogP contribution in [0.1, 0.15) is 17.1 Å². The molecule has 0 saturated heterocycles. The molecule has 0 amide bonds. The predicted molar refractivity (Wildman–Crippen MR) is 87.3 cm³/mol. The highest BCUT2D eigenvalue weighted by Gasteiger charge is 2.12. The number of hydrogen-bond donors (Lipinski definition) is 1. The number of nitrogen functional groups attached to an aromatic ring is 1. The molecule has 0 spiro atoms. The van der Waals surface area contributed by atoms with Crippen molar-refractivity contribution in [2.45, 2.75) is 26.8 Å². The topological polar surface area (TPSA) is 82.8 Å². The first-order valence-electron chi connectivity index (χ1n) is 6.92. The Labute approximate surface area is 136 Å². The molecule has 0 atom stereocenters. The van der Waals surface area contributed by atoms with E-state index in [1.54, 1.807) is 6.20 Å². The Balaban J connectivity index is 1.77. The summed E-state index contributed by atoms with van der Waals surface area (Å²) in [5.74, 6) is 1.15. The minimum absolute atomic E-state index is 0.568. The van der Waals surface area contributed by atoms with Crippen molar-refractivity contribution in [1.29, 1.82) is 0 Å². The maximum absolute atomic E-state index is 5.92. The molecule has 7 heteroatoms. The Hall–Kier alpha value is -2.15. The maximum Gasteiger partial charge on any atom is 0.228 e. The van der Waals surface area contributed by atoms with Gasteiger partial charge in [0.2, 0.25) is 11.7 Å². The van der Waals surface area contributed by atoms with Gasteiger partial charge in [-0.3, -0.25) is 4.68 Å². The molecule has 0 saturated carbocycles. The van der Waals surface area contributed by atoms with Crippen LogP contribution in [-0.2, 0) is 13.0 Å². The highest BCUT2D eigenvalue weighted by molar-refractivity contribution is 9.10. The first-order valence-corrected chi connectivity index (χ1v) is 7.71. The van der Waals surface area contributed by atoms with Gasteiger partial charge in [-0.15, -0.1) is 0 Å². The van der Waals surface area contributed by atoms with Crippen LogP contribution < -0.4 is 5.73 Å². The SMILES string of the molecule is Cc1c(N)cccc1-c1noc(CCn2ncc(Br)c2C)n1. The molecule has 3 aromatic rings. The summed E-state index contributed by atoms with van der Waals surface area (Å²) >= 11 is 3.45. The van der Waals surface area contributed by atoms with E-state index in [1.807, 2.05) is 36.7 Å². The van der Waals surface area contributed by atoms with E-state index in [0.717, 1.165) is 27.0 Å². The number of aromatic nitrogens is 4. The summed E-state index contributed by atoms with van der Waals surface area (Å²) in [6.07, 6.45) is 2.41. The van der Waals surface area contributed by atoms with Gasteiger partial charge in [0.05, 0.1) is 17.2 Å². The summed E-state index contributed by atoms with van der Waals surface area (Å²) in [5.41, 5.74) is 9.57. The Morgan fingerprint density at radius 2 is 2.14 bits per heavy atom. The van der Waals surface area contributed by atoms with Crippen molar-refractivity contribution >= 4 is 21.6 Å². The van der Waals surface area contributed by atoms with Gasteiger partial charge in [-0.25, -0.2) is 0 Å². The van der Waals surface area contributed by atoms with E-state index >= 15 is 0 Å². The third-order valence-corrected chi connectivity index (χ3v) is 4.44. The molecule has 0 unspecified atom stereocenters. The van der Waals surface area contributed by atoms with E-state index in [0.29, 0.717) is 24.7 Å². The van der Waals surface area contributed by atoms with Gasteiger partial charge < -0.3 is 10.3 Å². The molecule has 2 aromatic heterocycles. The van der Waals surface area contributed by atoms with Crippen molar-refractivity contribution in [2.24, 2.45) is 0 Å². The molecule has 22 heavy (non-hydrogen) atoms. The number of anilines is 1. The molecule has 2 N–H and O–H groups in total. The normalized spacial score (nSPS) is 11.0. The van der Waals surface area contributed by atoms with Gasteiger partial charge in [0.15, 0.2) is 0 Å². The fourth-order valence-corrected chi connectivity index (χ4v) is 2.51. The summed E-state index contributed by atoms with van der Waals surface area (Å²) in [6.45, 7) is 4.65. The van der Waals surface area contributed by atoms with Gasteiger partial charge in [-0.1, -0.05) is 17.3 Å². The number of benzene rings is 1. The second kappa shape index (κ2) is 5.92. The van der Waals surface area contributed by atoms with Crippen LogP contribution in [0, 0.1) is 13.8 Å². The van der Waals surface area contributed by atoms with Gasteiger partial charge in [0, 0.05) is 23.4 Å². The van der Waals surface area contributed by atoms with E-state index in [9.17, 15) is 0 Å². The Morgan fingerprint density at radius 1 is 1.32 bits per heavy atom. The molecule has 3 rings (SSSR count). The predicted octanol–water partition coefficient (Wildman–Crippen LogP) is 3.14. The lowest BCUT2D eigenvalue weighted by Crippen LogP contribution is -2.05. The van der Waals surface area contributed by atoms with Crippen molar-refractivity contribution in [3.8, 4) is 11.4 Å². The van der Waals surface area contributed by atoms with Gasteiger partial charge >= 0.3 is 0 Å². The van der Waals surface area contributed by atoms with E-state index in [1.165, 1.54) is 0 Å². The average Bonchev–Trinajstić information content (AvgIpc) is 3.09. The van der Waals surface area contributed by atoms with Gasteiger partial charge in [0.25, 0.3) is 0 Å². The Kier molecular flexibility index (Phi) is 3.98. The summed E-state index contributed by atoms with van der Waals surface area (Å²) in [5, 5.41) is 8.33. The lowest BCUT2D eigenvalue weighted by Gasteiger charge is -2.03. The van der Waals surface area contributed by atoms with Crippen LogP contribution in [0.25, 0.3) is 11.4 Å². The first-order chi connectivity index (χ1) is 10.6. The molecule has 6 nitrogen and oxygen atoms in total. The fraction of sp³-hybridized carbons (Fsp3) is 0.267.